The lowest BCUT2D eigenvalue weighted by Crippen LogP contribution is -2.72. The van der Waals surface area contributed by atoms with E-state index in [0.29, 0.717) is 6.54 Å². The monoisotopic (exact) mass is 213 g/mol. The summed E-state index contributed by atoms with van der Waals surface area (Å²) in [7, 11) is 1.41. The predicted octanol–water partition coefficient (Wildman–Crippen LogP) is -1.98. The molecule has 15 heavy (non-hydrogen) atoms. The van der Waals surface area contributed by atoms with Gasteiger partial charge in [0.05, 0.1) is 6.54 Å². The smallest absolute Gasteiger partial charge is 0.310 e. The van der Waals surface area contributed by atoms with Crippen LogP contribution in [0.5, 0.6) is 0 Å². The zero-order valence-corrected chi connectivity index (χ0v) is 9.23. The average molecular weight is 213 g/mol. The van der Waals surface area contributed by atoms with E-state index < -0.39 is 18.0 Å². The molecule has 0 aliphatic carbocycles. The summed E-state index contributed by atoms with van der Waals surface area (Å²) in [4.78, 5) is 25.5. The molecule has 1 atom stereocenters. The van der Waals surface area contributed by atoms with Crippen molar-refractivity contribution in [3.63, 3.8) is 0 Å². The molecule has 1 rings (SSSR count). The van der Waals surface area contributed by atoms with E-state index in [1.165, 1.54) is 11.9 Å². The van der Waals surface area contributed by atoms with Crippen molar-refractivity contribution in [2.24, 2.45) is 11.7 Å². The van der Waals surface area contributed by atoms with Crippen molar-refractivity contribution >= 4 is 17.8 Å². The Labute approximate surface area is 88.5 Å². The molecule has 84 valence electrons. The molecule has 1 saturated heterocycles. The molecule has 1 unspecified atom stereocenters. The number of hydrogen-bond acceptors (Lipinski definition) is 3. The molecule has 1 heterocycles. The van der Waals surface area contributed by atoms with Gasteiger partial charge in [0.2, 0.25) is 0 Å². The third-order valence-corrected chi connectivity index (χ3v) is 2.29. The number of urea groups is 1. The normalized spacial score (nSPS) is 23.0. The SMILES string of the molecule is CC(C)CN1C(=[NH2+])C(N)C(=O)N(C)C1=O. The fraction of sp³-hybridized carbons (Fsp3) is 0.667. The van der Waals surface area contributed by atoms with Crippen molar-refractivity contribution in [1.29, 1.82) is 0 Å². The number of nitrogens with zero attached hydrogens (tertiary/aromatic N) is 2. The molecule has 0 aromatic heterocycles. The summed E-state index contributed by atoms with van der Waals surface area (Å²) in [5, 5.41) is 5.66. The predicted molar refractivity (Wildman–Crippen MR) is 54.6 cm³/mol. The van der Waals surface area contributed by atoms with Gasteiger partial charge in [0.25, 0.3) is 11.7 Å². The molecule has 0 saturated carbocycles. The van der Waals surface area contributed by atoms with E-state index in [-0.39, 0.29) is 11.8 Å². The molecule has 0 bridgehead atoms. The van der Waals surface area contributed by atoms with Crippen molar-refractivity contribution in [3.05, 3.63) is 0 Å². The number of rotatable bonds is 2. The first kappa shape index (κ1) is 11.6. The molecular weight excluding hydrogens is 196 g/mol. The molecule has 1 aliphatic rings. The van der Waals surface area contributed by atoms with Crippen LogP contribution in [0.1, 0.15) is 13.8 Å². The first-order chi connectivity index (χ1) is 6.86. The molecule has 4 N–H and O–H groups in total. The van der Waals surface area contributed by atoms with Crippen LogP contribution in [0, 0.1) is 5.92 Å². The van der Waals surface area contributed by atoms with Gasteiger partial charge in [-0.2, -0.15) is 4.90 Å². The Morgan fingerprint density at radius 3 is 2.47 bits per heavy atom. The zero-order valence-electron chi connectivity index (χ0n) is 9.23. The number of imide groups is 1. The minimum atomic E-state index is -0.911. The number of hydrogen-bond donors (Lipinski definition) is 2. The number of likely N-dealkylation sites (N-methyl/N-ethyl adjacent to an activating group) is 1. The largest absolute Gasteiger partial charge is 0.417 e. The van der Waals surface area contributed by atoms with Gasteiger partial charge in [-0.3, -0.25) is 10.2 Å². The zero-order chi connectivity index (χ0) is 11.7. The van der Waals surface area contributed by atoms with E-state index in [4.69, 9.17) is 11.1 Å². The second-order valence-corrected chi connectivity index (χ2v) is 4.09. The Morgan fingerprint density at radius 2 is 2.00 bits per heavy atom. The molecule has 6 nitrogen and oxygen atoms in total. The molecule has 0 aromatic rings. The van der Waals surface area contributed by atoms with E-state index in [1.807, 2.05) is 13.8 Å². The summed E-state index contributed by atoms with van der Waals surface area (Å²) in [6.07, 6.45) is 0. The van der Waals surface area contributed by atoms with Crippen LogP contribution in [0.3, 0.4) is 0 Å². The summed E-state index contributed by atoms with van der Waals surface area (Å²) in [5.74, 6) is -0.0596. The van der Waals surface area contributed by atoms with Crippen LogP contribution in [0.25, 0.3) is 0 Å². The van der Waals surface area contributed by atoms with Crippen LogP contribution in [0.15, 0.2) is 0 Å². The van der Waals surface area contributed by atoms with Crippen LogP contribution >= 0.6 is 0 Å². The minimum Gasteiger partial charge on any atom is -0.310 e. The lowest BCUT2D eigenvalue weighted by Gasteiger charge is -2.30. The molecule has 3 amide bonds. The van der Waals surface area contributed by atoms with Crippen molar-refractivity contribution in [1.82, 2.24) is 9.80 Å². The number of carbonyl (C=O) groups excluding carboxylic acids is 2. The van der Waals surface area contributed by atoms with Gasteiger partial charge in [0, 0.05) is 7.05 Å². The van der Waals surface area contributed by atoms with Crippen LogP contribution in [0.4, 0.5) is 4.79 Å². The van der Waals surface area contributed by atoms with Gasteiger partial charge in [-0.05, 0) is 5.92 Å². The number of amidine groups is 1. The van der Waals surface area contributed by atoms with Crippen LogP contribution < -0.4 is 11.1 Å². The second kappa shape index (κ2) is 3.98. The van der Waals surface area contributed by atoms with Crippen LogP contribution in [-0.4, -0.2) is 47.2 Å². The minimum absolute atomic E-state index is 0.136. The summed E-state index contributed by atoms with van der Waals surface area (Å²) < 4.78 is 0. The Kier molecular flexibility index (Phi) is 3.09. The molecule has 6 heteroatoms. The fourth-order valence-electron chi connectivity index (χ4n) is 1.44. The first-order valence-electron chi connectivity index (χ1n) is 4.83. The van der Waals surface area contributed by atoms with Crippen LogP contribution in [-0.2, 0) is 4.79 Å². The fourth-order valence-corrected chi connectivity index (χ4v) is 1.44. The Hall–Kier alpha value is -1.43. The Balaban J connectivity index is 2.92. The van der Waals surface area contributed by atoms with Crippen molar-refractivity contribution in [3.8, 4) is 0 Å². The Bertz CT molecular complexity index is 289. The molecule has 1 aliphatic heterocycles. The number of amides is 3. The van der Waals surface area contributed by atoms with E-state index >= 15 is 0 Å². The Morgan fingerprint density at radius 1 is 1.47 bits per heavy atom. The first-order valence-corrected chi connectivity index (χ1v) is 4.83. The summed E-state index contributed by atoms with van der Waals surface area (Å²) in [6.45, 7) is 4.39. The van der Waals surface area contributed by atoms with Crippen molar-refractivity contribution in [2.75, 3.05) is 13.6 Å². The summed E-state index contributed by atoms with van der Waals surface area (Å²) in [5.41, 5.74) is 5.59. The molecule has 0 spiro atoms. The van der Waals surface area contributed by atoms with E-state index in [2.05, 4.69) is 0 Å². The number of nitrogens with two attached hydrogens (primary N) is 2. The van der Waals surface area contributed by atoms with E-state index in [9.17, 15) is 9.59 Å². The van der Waals surface area contributed by atoms with Gasteiger partial charge in [0.1, 0.15) is 0 Å². The van der Waals surface area contributed by atoms with Crippen LogP contribution in [0.2, 0.25) is 0 Å². The summed E-state index contributed by atoms with van der Waals surface area (Å²) >= 11 is 0. The quantitative estimate of drug-likeness (QED) is 0.557. The summed E-state index contributed by atoms with van der Waals surface area (Å²) in [6, 6.07) is -1.32. The highest BCUT2D eigenvalue weighted by Gasteiger charge is 2.45. The van der Waals surface area contributed by atoms with Gasteiger partial charge < -0.3 is 5.73 Å². The van der Waals surface area contributed by atoms with E-state index in [0.717, 1.165) is 4.90 Å². The molecule has 0 aromatic carbocycles. The maximum Gasteiger partial charge on any atom is 0.417 e. The topological polar surface area (TPSA) is 92.2 Å². The lowest BCUT2D eigenvalue weighted by atomic mass is 10.1. The maximum atomic E-state index is 11.7. The van der Waals surface area contributed by atoms with Gasteiger partial charge in [-0.15, -0.1) is 0 Å². The molecule has 1 fully saturated rings. The maximum absolute atomic E-state index is 11.7. The van der Waals surface area contributed by atoms with Gasteiger partial charge in [-0.1, -0.05) is 13.8 Å². The highest BCUT2D eigenvalue weighted by Crippen LogP contribution is 2.10. The van der Waals surface area contributed by atoms with E-state index in [1.54, 1.807) is 0 Å². The van der Waals surface area contributed by atoms with Gasteiger partial charge >= 0.3 is 6.03 Å². The molecule has 0 radical (unpaired) electrons. The number of carbonyl (C=O) groups is 2. The third kappa shape index (κ3) is 1.99. The third-order valence-electron chi connectivity index (χ3n) is 2.29. The highest BCUT2D eigenvalue weighted by molar-refractivity contribution is 6.18. The highest BCUT2D eigenvalue weighted by atomic mass is 16.2. The van der Waals surface area contributed by atoms with Gasteiger partial charge in [0.15, 0.2) is 6.04 Å². The average Bonchev–Trinajstić information content (AvgIpc) is 2.18. The molecular formula is C9H17N4O2+. The van der Waals surface area contributed by atoms with Gasteiger partial charge in [-0.25, -0.2) is 9.69 Å². The van der Waals surface area contributed by atoms with Crippen molar-refractivity contribution < 1.29 is 15.0 Å². The second-order valence-electron chi connectivity index (χ2n) is 4.09. The lowest BCUT2D eigenvalue weighted by molar-refractivity contribution is -0.144. The van der Waals surface area contributed by atoms with Crippen molar-refractivity contribution in [2.45, 2.75) is 19.9 Å². The standard InChI is InChI=1S/C9H16N4O2/c1-5(2)4-13-7(11)6(10)8(14)12(3)9(13)15/h5-6,11H,4,10H2,1-3H3/p+1.